The van der Waals surface area contributed by atoms with E-state index >= 15 is 0 Å². The van der Waals surface area contributed by atoms with Crippen LogP contribution in [0.2, 0.25) is 18.1 Å². The maximum Gasteiger partial charge on any atom is 0.192 e. The Morgan fingerprint density at radius 2 is 1.94 bits per heavy atom. The molecule has 1 fully saturated rings. The molecule has 0 bridgehead atoms. The fraction of sp³-hybridized carbons (Fsp3) is 1.00. The Kier molecular flexibility index (Phi) is 4.77. The molecule has 0 aromatic rings. The fourth-order valence-electron chi connectivity index (χ4n) is 1.50. The van der Waals surface area contributed by atoms with E-state index in [0.29, 0.717) is 13.0 Å². The maximum atomic E-state index is 9.82. The highest BCUT2D eigenvalue weighted by Gasteiger charge is 2.40. The Morgan fingerprint density at radius 3 is 2.35 bits per heavy atom. The van der Waals surface area contributed by atoms with Crippen LogP contribution >= 0.6 is 0 Å². The van der Waals surface area contributed by atoms with Gasteiger partial charge in [-0.25, -0.2) is 0 Å². The van der Waals surface area contributed by atoms with Crippen molar-refractivity contribution in [1.82, 2.24) is 0 Å². The molecule has 0 radical (unpaired) electrons. The van der Waals surface area contributed by atoms with Crippen molar-refractivity contribution in [2.45, 2.75) is 63.8 Å². The van der Waals surface area contributed by atoms with Gasteiger partial charge in [-0.1, -0.05) is 20.8 Å². The molecule has 1 unspecified atom stereocenters. The summed E-state index contributed by atoms with van der Waals surface area (Å²) in [5.41, 5.74) is 0. The Hall–Kier alpha value is 0.0569. The topological polar surface area (TPSA) is 47.9 Å². The van der Waals surface area contributed by atoms with E-state index in [-0.39, 0.29) is 17.4 Å². The van der Waals surface area contributed by atoms with Crippen molar-refractivity contribution in [3.05, 3.63) is 0 Å². The lowest BCUT2D eigenvalue weighted by atomic mass is 10.2. The van der Waals surface area contributed by atoms with E-state index in [1.165, 1.54) is 0 Å². The minimum absolute atomic E-state index is 0.178. The number of aliphatic hydroxyl groups excluding tert-OH is 1. The van der Waals surface area contributed by atoms with Crippen molar-refractivity contribution in [2.75, 3.05) is 13.7 Å². The van der Waals surface area contributed by atoms with Gasteiger partial charge in [-0.15, -0.1) is 0 Å². The van der Waals surface area contributed by atoms with Gasteiger partial charge < -0.3 is 19.0 Å². The van der Waals surface area contributed by atoms with Gasteiger partial charge in [0.25, 0.3) is 0 Å². The number of rotatable bonds is 4. The van der Waals surface area contributed by atoms with Gasteiger partial charge in [0.15, 0.2) is 14.6 Å². The van der Waals surface area contributed by atoms with Gasteiger partial charge in [0.1, 0.15) is 6.10 Å². The van der Waals surface area contributed by atoms with Crippen LogP contribution in [0, 0.1) is 0 Å². The summed E-state index contributed by atoms with van der Waals surface area (Å²) in [5.74, 6) is 0. The Labute approximate surface area is 105 Å². The van der Waals surface area contributed by atoms with Crippen LogP contribution in [-0.4, -0.2) is 45.6 Å². The van der Waals surface area contributed by atoms with E-state index in [0.717, 1.165) is 0 Å². The molecule has 1 heterocycles. The van der Waals surface area contributed by atoms with Crippen LogP contribution in [0.25, 0.3) is 0 Å². The van der Waals surface area contributed by atoms with Crippen LogP contribution in [0.15, 0.2) is 0 Å². The summed E-state index contributed by atoms with van der Waals surface area (Å²) in [5, 5.41) is 10.00. The predicted octanol–water partition coefficient (Wildman–Crippen LogP) is 2.13. The minimum atomic E-state index is -1.77. The zero-order valence-corrected chi connectivity index (χ0v) is 12.8. The number of aliphatic hydroxyl groups is 1. The first kappa shape index (κ1) is 15.1. The van der Waals surface area contributed by atoms with E-state index in [1.807, 2.05) is 0 Å². The van der Waals surface area contributed by atoms with Crippen LogP contribution in [0.5, 0.6) is 0 Å². The zero-order valence-electron chi connectivity index (χ0n) is 11.8. The lowest BCUT2D eigenvalue weighted by Crippen LogP contribution is -2.43. The molecule has 0 amide bonds. The van der Waals surface area contributed by atoms with Crippen molar-refractivity contribution >= 4 is 8.32 Å². The van der Waals surface area contributed by atoms with E-state index in [9.17, 15) is 5.11 Å². The monoisotopic (exact) mass is 262 g/mol. The highest BCUT2D eigenvalue weighted by molar-refractivity contribution is 6.74. The molecule has 3 atom stereocenters. The molecule has 1 N–H and O–H groups in total. The summed E-state index contributed by atoms with van der Waals surface area (Å²) >= 11 is 0. The van der Waals surface area contributed by atoms with E-state index in [1.54, 1.807) is 7.11 Å². The number of hydrogen-bond acceptors (Lipinski definition) is 4. The molecule has 0 aliphatic carbocycles. The van der Waals surface area contributed by atoms with Crippen molar-refractivity contribution < 1.29 is 19.0 Å². The molecule has 0 spiro atoms. The minimum Gasteiger partial charge on any atom is -0.414 e. The van der Waals surface area contributed by atoms with Crippen LogP contribution in [-0.2, 0) is 13.9 Å². The first-order valence-corrected chi connectivity index (χ1v) is 9.08. The van der Waals surface area contributed by atoms with Gasteiger partial charge in [0.05, 0.1) is 12.7 Å². The third-order valence-corrected chi connectivity index (χ3v) is 8.37. The lowest BCUT2D eigenvalue weighted by molar-refractivity contribution is -0.125. The average molecular weight is 262 g/mol. The first-order chi connectivity index (χ1) is 7.67. The zero-order chi connectivity index (χ0) is 13.3. The molecule has 5 heteroatoms. The third-order valence-electron chi connectivity index (χ3n) is 3.87. The van der Waals surface area contributed by atoms with Gasteiger partial charge in [0.2, 0.25) is 0 Å². The molecule has 1 aliphatic heterocycles. The predicted molar refractivity (Wildman–Crippen MR) is 69.4 cm³/mol. The molecule has 0 aromatic heterocycles. The van der Waals surface area contributed by atoms with Gasteiger partial charge in [-0.05, 0) is 18.1 Å². The molecule has 1 rings (SSSR count). The summed E-state index contributed by atoms with van der Waals surface area (Å²) < 4.78 is 16.7. The fourth-order valence-corrected chi connectivity index (χ4v) is 2.51. The number of hydrogen-bond donors (Lipinski definition) is 1. The van der Waals surface area contributed by atoms with E-state index < -0.39 is 14.4 Å². The summed E-state index contributed by atoms with van der Waals surface area (Å²) in [6.45, 7) is 11.4. The van der Waals surface area contributed by atoms with Gasteiger partial charge in [-0.3, -0.25) is 0 Å². The second-order valence-electron chi connectivity index (χ2n) is 6.21. The summed E-state index contributed by atoms with van der Waals surface area (Å²) in [4.78, 5) is 0. The molecule has 4 nitrogen and oxygen atoms in total. The molecule has 1 aliphatic rings. The van der Waals surface area contributed by atoms with E-state index in [4.69, 9.17) is 13.9 Å². The second kappa shape index (κ2) is 5.36. The SMILES string of the molecule is COC1C[C@@H](O)[C@@H](CO[Si](C)(C)C(C)(C)C)O1. The Morgan fingerprint density at radius 1 is 1.35 bits per heavy atom. The van der Waals surface area contributed by atoms with Crippen molar-refractivity contribution in [2.24, 2.45) is 0 Å². The van der Waals surface area contributed by atoms with Crippen LogP contribution in [0.3, 0.4) is 0 Å². The van der Waals surface area contributed by atoms with Crippen molar-refractivity contribution in [1.29, 1.82) is 0 Å². The van der Waals surface area contributed by atoms with Crippen molar-refractivity contribution in [3.63, 3.8) is 0 Å². The molecule has 102 valence electrons. The highest BCUT2D eigenvalue weighted by Crippen LogP contribution is 2.37. The van der Waals surface area contributed by atoms with Crippen LogP contribution < -0.4 is 0 Å². The normalized spacial score (nSPS) is 30.9. The third kappa shape index (κ3) is 3.76. The Balaban J connectivity index is 2.46. The maximum absolute atomic E-state index is 9.82. The van der Waals surface area contributed by atoms with Crippen LogP contribution in [0.1, 0.15) is 27.2 Å². The summed E-state index contributed by atoms with van der Waals surface area (Å²) in [7, 11) is -0.174. The largest absolute Gasteiger partial charge is 0.414 e. The quantitative estimate of drug-likeness (QED) is 0.789. The molecule has 0 saturated carbocycles. The molecule has 0 aromatic carbocycles. The first-order valence-electron chi connectivity index (χ1n) is 6.17. The standard InChI is InChI=1S/C12H26O4Si/c1-12(2,3)17(5,6)15-8-10-9(13)7-11(14-4)16-10/h9-11,13H,7-8H2,1-6H3/t9-,10-,11?/m1/s1. The van der Waals surface area contributed by atoms with Crippen LogP contribution in [0.4, 0.5) is 0 Å². The molecular weight excluding hydrogens is 236 g/mol. The highest BCUT2D eigenvalue weighted by atomic mass is 28.4. The number of methoxy groups -OCH3 is 1. The molecular formula is C12H26O4Si. The van der Waals surface area contributed by atoms with Crippen molar-refractivity contribution in [3.8, 4) is 0 Å². The van der Waals surface area contributed by atoms with Gasteiger partial charge >= 0.3 is 0 Å². The van der Waals surface area contributed by atoms with E-state index in [2.05, 4.69) is 33.9 Å². The number of ether oxygens (including phenoxy) is 2. The average Bonchev–Trinajstić information content (AvgIpc) is 2.55. The second-order valence-corrected chi connectivity index (χ2v) is 11.0. The molecule has 17 heavy (non-hydrogen) atoms. The summed E-state index contributed by atoms with van der Waals surface area (Å²) in [6, 6.07) is 0. The van der Waals surface area contributed by atoms with Gasteiger partial charge in [-0.2, -0.15) is 0 Å². The summed E-state index contributed by atoms with van der Waals surface area (Å²) in [6.07, 6.45) is -0.501. The smallest absolute Gasteiger partial charge is 0.192 e. The lowest BCUT2D eigenvalue weighted by Gasteiger charge is -2.37. The Bertz CT molecular complexity index is 249. The molecule has 1 saturated heterocycles. The van der Waals surface area contributed by atoms with Gasteiger partial charge in [0, 0.05) is 13.5 Å².